The van der Waals surface area contributed by atoms with Crippen molar-refractivity contribution in [2.45, 2.75) is 6.42 Å². The van der Waals surface area contributed by atoms with E-state index in [9.17, 15) is 24.1 Å². The van der Waals surface area contributed by atoms with Gasteiger partial charge in [-0.15, -0.1) is 0 Å². The van der Waals surface area contributed by atoms with Crippen LogP contribution < -0.4 is 5.32 Å². The molecule has 0 radical (unpaired) electrons. The van der Waals surface area contributed by atoms with Crippen molar-refractivity contribution in [3.8, 4) is 0 Å². The minimum atomic E-state index is -1.37. The molecule has 1 rings (SSSR count). The average Bonchev–Trinajstić information content (AvgIpc) is 2.19. The lowest BCUT2D eigenvalue weighted by Gasteiger charge is -2.04. The zero-order valence-corrected chi connectivity index (χ0v) is 8.34. The maximum atomic E-state index is 12.7. The number of benzene rings is 1. The number of nitrogens with one attached hydrogen (secondary N) is 1. The summed E-state index contributed by atoms with van der Waals surface area (Å²) in [6.45, 7) is 0. The van der Waals surface area contributed by atoms with Crippen molar-refractivity contribution in [2.24, 2.45) is 0 Å². The molecule has 1 aromatic rings. The van der Waals surface area contributed by atoms with Crippen molar-refractivity contribution in [2.75, 3.05) is 5.32 Å². The molecule has 0 aliphatic rings. The number of carbonyl (C=O) groups excluding carboxylic acids is 1. The van der Waals surface area contributed by atoms with Crippen LogP contribution in [0.2, 0.25) is 0 Å². The van der Waals surface area contributed by atoms with Gasteiger partial charge in [0.25, 0.3) is 5.69 Å². The molecule has 1 aromatic carbocycles. The summed E-state index contributed by atoms with van der Waals surface area (Å²) in [4.78, 5) is 31.0. The molecule has 0 fully saturated rings. The van der Waals surface area contributed by atoms with E-state index < -0.39 is 34.7 Å². The minimum absolute atomic E-state index is 0.248. The van der Waals surface area contributed by atoms with Crippen molar-refractivity contribution in [1.82, 2.24) is 0 Å². The second-order valence-electron chi connectivity index (χ2n) is 3.04. The molecule has 90 valence electrons. The molecule has 0 spiro atoms. The number of rotatable bonds is 4. The van der Waals surface area contributed by atoms with Gasteiger partial charge in [0.05, 0.1) is 11.0 Å². The summed E-state index contributed by atoms with van der Waals surface area (Å²) in [5, 5.41) is 20.9. The highest BCUT2D eigenvalue weighted by Crippen LogP contribution is 2.24. The van der Waals surface area contributed by atoms with Crippen LogP contribution >= 0.6 is 0 Å². The number of hydrogen-bond donors (Lipinski definition) is 2. The van der Waals surface area contributed by atoms with Crippen LogP contribution in [0.25, 0.3) is 0 Å². The van der Waals surface area contributed by atoms with Crippen LogP contribution in [0.15, 0.2) is 18.2 Å². The summed E-state index contributed by atoms with van der Waals surface area (Å²) in [7, 11) is 0. The zero-order valence-electron chi connectivity index (χ0n) is 8.34. The molecule has 0 saturated carbocycles. The third-order valence-electron chi connectivity index (χ3n) is 1.74. The Kier molecular flexibility index (Phi) is 3.70. The molecule has 1 amide bonds. The second-order valence-corrected chi connectivity index (χ2v) is 3.04. The van der Waals surface area contributed by atoms with Gasteiger partial charge in [0.15, 0.2) is 0 Å². The van der Waals surface area contributed by atoms with E-state index in [4.69, 9.17) is 5.11 Å². The number of anilines is 1. The number of nitrogens with zero attached hydrogens (tertiary/aromatic N) is 1. The van der Waals surface area contributed by atoms with E-state index in [1.165, 1.54) is 0 Å². The molecule has 17 heavy (non-hydrogen) atoms. The summed E-state index contributed by atoms with van der Waals surface area (Å²) in [5.74, 6) is -3.12. The summed E-state index contributed by atoms with van der Waals surface area (Å²) in [6, 6.07) is 2.55. The van der Waals surface area contributed by atoms with Gasteiger partial charge in [-0.2, -0.15) is 0 Å². The van der Waals surface area contributed by atoms with E-state index in [1.807, 2.05) is 5.32 Å². The van der Waals surface area contributed by atoms with Crippen molar-refractivity contribution >= 4 is 23.3 Å². The van der Waals surface area contributed by atoms with Gasteiger partial charge in [-0.1, -0.05) is 0 Å². The number of nitro benzene ring substituents is 1. The number of carboxylic acids is 1. The number of halogens is 1. The molecule has 0 unspecified atom stereocenters. The maximum absolute atomic E-state index is 12.7. The first-order valence-corrected chi connectivity index (χ1v) is 4.35. The van der Waals surface area contributed by atoms with Crippen molar-refractivity contribution in [3.63, 3.8) is 0 Å². The Labute approximate surface area is 94.0 Å². The Morgan fingerprint density at radius 3 is 2.65 bits per heavy atom. The molecule has 0 aliphatic carbocycles. The summed E-state index contributed by atoms with van der Waals surface area (Å²) in [5.41, 5.74) is -0.883. The molecule has 0 aromatic heterocycles. The van der Waals surface area contributed by atoms with E-state index >= 15 is 0 Å². The molecular weight excluding hydrogens is 235 g/mol. The molecule has 2 N–H and O–H groups in total. The number of carbonyl (C=O) groups is 2. The molecule has 0 saturated heterocycles. The summed E-state index contributed by atoms with van der Waals surface area (Å²) in [6.07, 6.45) is -0.825. The highest BCUT2D eigenvalue weighted by Gasteiger charge is 2.17. The van der Waals surface area contributed by atoms with E-state index in [-0.39, 0.29) is 5.69 Å². The fourth-order valence-corrected chi connectivity index (χ4v) is 1.09. The fraction of sp³-hybridized carbons (Fsp3) is 0.111. The van der Waals surface area contributed by atoms with E-state index in [1.54, 1.807) is 0 Å². The van der Waals surface area contributed by atoms with Crippen LogP contribution in [0.5, 0.6) is 0 Å². The number of nitro groups is 1. The average molecular weight is 242 g/mol. The van der Waals surface area contributed by atoms with Gasteiger partial charge < -0.3 is 10.4 Å². The van der Waals surface area contributed by atoms with Gasteiger partial charge in [0.1, 0.15) is 17.9 Å². The van der Waals surface area contributed by atoms with Crippen LogP contribution in [0, 0.1) is 15.9 Å². The number of hydrogen-bond acceptors (Lipinski definition) is 4. The van der Waals surface area contributed by atoms with Crippen molar-refractivity contribution in [1.29, 1.82) is 0 Å². The Morgan fingerprint density at radius 2 is 2.12 bits per heavy atom. The van der Waals surface area contributed by atoms with Crippen LogP contribution in [0.4, 0.5) is 15.8 Å². The van der Waals surface area contributed by atoms with Gasteiger partial charge in [-0.3, -0.25) is 19.7 Å². The predicted octanol–water partition coefficient (Wildman–Crippen LogP) is 1.15. The van der Waals surface area contributed by atoms with Crippen LogP contribution in [-0.4, -0.2) is 21.9 Å². The molecule has 0 atom stereocenters. The number of amides is 1. The lowest BCUT2D eigenvalue weighted by molar-refractivity contribution is -0.384. The zero-order chi connectivity index (χ0) is 13.0. The minimum Gasteiger partial charge on any atom is -0.481 e. The predicted molar refractivity (Wildman–Crippen MR) is 53.9 cm³/mol. The van der Waals surface area contributed by atoms with Gasteiger partial charge in [-0.05, 0) is 12.1 Å². The standard InChI is InChI=1S/C9H7FN2O5/c10-5-1-2-6(7(3-5)12(16)17)11-8(13)4-9(14)15/h1-3H,4H2,(H,11,13)(H,14,15). The highest BCUT2D eigenvalue weighted by atomic mass is 19.1. The van der Waals surface area contributed by atoms with Crippen molar-refractivity contribution < 1.29 is 24.0 Å². The first kappa shape index (κ1) is 12.6. The molecular formula is C9H7FN2O5. The molecule has 0 heterocycles. The van der Waals surface area contributed by atoms with Gasteiger partial charge >= 0.3 is 5.97 Å². The topological polar surface area (TPSA) is 110 Å². The largest absolute Gasteiger partial charge is 0.481 e. The lowest BCUT2D eigenvalue weighted by Crippen LogP contribution is -2.16. The van der Waals surface area contributed by atoms with Gasteiger partial charge in [0, 0.05) is 0 Å². The Balaban J connectivity index is 2.94. The molecule has 0 aliphatic heterocycles. The SMILES string of the molecule is O=C(O)CC(=O)Nc1ccc(F)cc1[N+](=O)[O-]. The van der Waals surface area contributed by atoms with Gasteiger partial charge in [-0.25, -0.2) is 4.39 Å². The van der Waals surface area contributed by atoms with Crippen molar-refractivity contribution in [3.05, 3.63) is 34.1 Å². The Bertz CT molecular complexity index is 488. The number of carboxylic acid groups (broad SMARTS) is 1. The van der Waals surface area contributed by atoms with Crippen LogP contribution in [0.3, 0.4) is 0 Å². The lowest BCUT2D eigenvalue weighted by atomic mass is 10.2. The third-order valence-corrected chi connectivity index (χ3v) is 1.74. The van der Waals surface area contributed by atoms with Gasteiger partial charge in [0.2, 0.25) is 5.91 Å². The summed E-state index contributed by atoms with van der Waals surface area (Å²) < 4.78 is 12.7. The van der Waals surface area contributed by atoms with Crippen LogP contribution in [0.1, 0.15) is 6.42 Å². The highest BCUT2D eigenvalue weighted by molar-refractivity contribution is 6.02. The molecule has 8 heteroatoms. The number of aliphatic carboxylic acids is 1. The Hall–Kier alpha value is -2.51. The normalized spacial score (nSPS) is 9.71. The van der Waals surface area contributed by atoms with E-state index in [0.29, 0.717) is 6.07 Å². The second kappa shape index (κ2) is 5.01. The molecule has 7 nitrogen and oxygen atoms in total. The first-order valence-electron chi connectivity index (χ1n) is 4.35. The van der Waals surface area contributed by atoms with E-state index in [2.05, 4.69) is 0 Å². The quantitative estimate of drug-likeness (QED) is 0.467. The molecule has 0 bridgehead atoms. The maximum Gasteiger partial charge on any atom is 0.312 e. The fourth-order valence-electron chi connectivity index (χ4n) is 1.09. The third kappa shape index (κ3) is 3.52. The Morgan fingerprint density at radius 1 is 1.47 bits per heavy atom. The van der Waals surface area contributed by atoms with Crippen LogP contribution in [-0.2, 0) is 9.59 Å². The monoisotopic (exact) mass is 242 g/mol. The van der Waals surface area contributed by atoms with E-state index in [0.717, 1.165) is 12.1 Å². The smallest absolute Gasteiger partial charge is 0.312 e. The summed E-state index contributed by atoms with van der Waals surface area (Å²) >= 11 is 0. The first-order chi connectivity index (χ1) is 7.90.